The summed E-state index contributed by atoms with van der Waals surface area (Å²) < 4.78 is 19.4. The first-order valence-electron chi connectivity index (χ1n) is 12.5. The van der Waals surface area contributed by atoms with Crippen molar-refractivity contribution in [3.05, 3.63) is 46.2 Å². The lowest BCUT2D eigenvalue weighted by molar-refractivity contribution is -0.0648. The molecule has 36 heavy (non-hydrogen) atoms. The minimum absolute atomic E-state index is 0.102. The van der Waals surface area contributed by atoms with Crippen LogP contribution in [-0.4, -0.2) is 77.8 Å². The fraction of sp³-hybridized carbons (Fsp3) is 0.538. The van der Waals surface area contributed by atoms with Crippen molar-refractivity contribution in [3.63, 3.8) is 0 Å². The van der Waals surface area contributed by atoms with Crippen LogP contribution in [0.25, 0.3) is 6.08 Å². The first-order valence-corrected chi connectivity index (χ1v) is 12.9. The summed E-state index contributed by atoms with van der Waals surface area (Å²) in [6.45, 7) is 2.41. The van der Waals surface area contributed by atoms with Crippen LogP contribution in [0, 0.1) is 17.8 Å². The van der Waals surface area contributed by atoms with E-state index in [1.54, 1.807) is 0 Å². The topological polar surface area (TPSA) is 118 Å². The summed E-state index contributed by atoms with van der Waals surface area (Å²) in [5.74, 6) is 7.21. The molecule has 1 aromatic carbocycles. The van der Waals surface area contributed by atoms with Crippen molar-refractivity contribution in [2.45, 2.75) is 48.3 Å². The number of aliphatic hydroxyl groups excluding tert-OH is 1. The molecule has 190 valence electrons. The summed E-state index contributed by atoms with van der Waals surface area (Å²) in [5, 5.41) is 13.9. The third-order valence-electron chi connectivity index (χ3n) is 7.56. The average Bonchev–Trinajstić information content (AvgIpc) is 3.52. The van der Waals surface area contributed by atoms with Crippen LogP contribution >= 0.6 is 11.6 Å². The molecule has 5 heterocycles. The predicted molar refractivity (Wildman–Crippen MR) is 134 cm³/mol. The Morgan fingerprint density at radius 2 is 2.03 bits per heavy atom. The Morgan fingerprint density at radius 3 is 2.81 bits per heavy atom. The number of nitrogens with two attached hydrogens (primary N) is 1. The molecular formula is C26H31ClN5O4+. The van der Waals surface area contributed by atoms with Gasteiger partial charge in [-0.05, 0) is 49.7 Å². The zero-order valence-corrected chi connectivity index (χ0v) is 20.9. The highest BCUT2D eigenvalue weighted by Crippen LogP contribution is 2.35. The van der Waals surface area contributed by atoms with Crippen LogP contribution in [0.15, 0.2) is 24.3 Å². The van der Waals surface area contributed by atoms with Gasteiger partial charge in [0.05, 0.1) is 25.6 Å². The summed E-state index contributed by atoms with van der Waals surface area (Å²) in [4.78, 5) is 7.86. The molecule has 0 spiro atoms. The molecule has 4 aliphatic heterocycles. The SMILES string of the molecule is C[N+]1=c2nc(OC3COC4C(O)COC34N)[nH]c2=CC(Cl)C1c1ccc(C#CC2CCNCC2)cc1. The third-order valence-corrected chi connectivity index (χ3v) is 7.93. The van der Waals surface area contributed by atoms with Gasteiger partial charge in [-0.25, -0.2) is 0 Å². The summed E-state index contributed by atoms with van der Waals surface area (Å²) in [6, 6.07) is 8.49. The van der Waals surface area contributed by atoms with E-state index in [2.05, 4.69) is 51.4 Å². The molecule has 6 atom stereocenters. The molecule has 3 saturated heterocycles. The molecule has 6 rings (SSSR count). The first kappa shape index (κ1) is 23.9. The molecule has 10 heteroatoms. The van der Waals surface area contributed by atoms with Crippen molar-refractivity contribution < 1.29 is 19.3 Å². The van der Waals surface area contributed by atoms with Gasteiger partial charge < -0.3 is 24.6 Å². The van der Waals surface area contributed by atoms with Crippen LogP contribution in [0.5, 0.6) is 6.01 Å². The number of benzene rings is 1. The number of hydrogen-bond acceptors (Lipinski definition) is 7. The highest BCUT2D eigenvalue weighted by Gasteiger charge is 2.59. The third kappa shape index (κ3) is 4.22. The molecule has 2 aromatic rings. The van der Waals surface area contributed by atoms with Gasteiger partial charge in [0.25, 0.3) is 0 Å². The number of ether oxygens (including phenoxy) is 3. The highest BCUT2D eigenvalue weighted by molar-refractivity contribution is 6.24. The standard InChI is InChI=1S/C26H30ClN5O4/c1-32-22(17-6-4-15(5-7-17)2-3-16-8-10-29-11-9-16)18(27)12-19-24(32)31-25(30-19)36-21-14-34-23-20(33)13-35-26(21,23)28/h4-7,12,16,18,20-23,29,33H,8-11,13-14,28H2,1H3/p+1. The highest BCUT2D eigenvalue weighted by atomic mass is 35.5. The number of fused-ring (bicyclic) bond motifs is 2. The van der Waals surface area contributed by atoms with Crippen molar-refractivity contribution in [1.82, 2.24) is 19.9 Å². The number of piperidine rings is 1. The molecule has 9 nitrogen and oxygen atoms in total. The lowest BCUT2D eigenvalue weighted by Crippen LogP contribution is -2.57. The van der Waals surface area contributed by atoms with Crippen LogP contribution in [0.3, 0.4) is 0 Å². The second kappa shape index (κ2) is 9.45. The number of H-pyrrole nitrogens is 1. The normalized spacial score (nSPS) is 33.9. The van der Waals surface area contributed by atoms with E-state index >= 15 is 0 Å². The van der Waals surface area contributed by atoms with E-state index in [1.807, 2.05) is 17.7 Å². The van der Waals surface area contributed by atoms with E-state index < -0.39 is 24.0 Å². The van der Waals surface area contributed by atoms with Gasteiger partial charge in [0, 0.05) is 16.5 Å². The van der Waals surface area contributed by atoms with Crippen molar-refractivity contribution in [2.24, 2.45) is 11.7 Å². The Morgan fingerprint density at radius 1 is 1.25 bits per heavy atom. The minimum atomic E-state index is -1.21. The predicted octanol–water partition coefficient (Wildman–Crippen LogP) is -0.783. The number of hydrogen-bond donors (Lipinski definition) is 4. The second-order valence-corrected chi connectivity index (χ2v) is 10.5. The Labute approximate surface area is 214 Å². The molecule has 0 bridgehead atoms. The van der Waals surface area contributed by atoms with Crippen molar-refractivity contribution >= 4 is 17.7 Å². The van der Waals surface area contributed by atoms with E-state index in [9.17, 15) is 5.11 Å². The van der Waals surface area contributed by atoms with Crippen molar-refractivity contribution in [2.75, 3.05) is 33.4 Å². The zero-order valence-electron chi connectivity index (χ0n) is 20.1. The average molecular weight is 513 g/mol. The summed E-state index contributed by atoms with van der Waals surface area (Å²) in [5.41, 5.74) is 7.98. The quantitative estimate of drug-likeness (QED) is 0.242. The molecule has 6 unspecified atom stereocenters. The number of nitrogens with one attached hydrogen (secondary N) is 2. The molecule has 0 aliphatic carbocycles. The lowest BCUT2D eigenvalue weighted by Gasteiger charge is -2.26. The van der Waals surface area contributed by atoms with Crippen LogP contribution in [0.1, 0.15) is 30.0 Å². The van der Waals surface area contributed by atoms with Crippen molar-refractivity contribution in [3.8, 4) is 17.9 Å². The van der Waals surface area contributed by atoms with Crippen molar-refractivity contribution in [1.29, 1.82) is 0 Å². The molecule has 1 aromatic heterocycles. The Balaban J connectivity index is 1.22. The number of aromatic amines is 1. The molecule has 4 aliphatic rings. The van der Waals surface area contributed by atoms with Crippen LogP contribution < -0.4 is 31.2 Å². The fourth-order valence-electron chi connectivity index (χ4n) is 5.51. The smallest absolute Gasteiger partial charge is 0.412 e. The van der Waals surface area contributed by atoms with E-state index in [0.717, 1.165) is 47.9 Å². The van der Waals surface area contributed by atoms with Gasteiger partial charge in [0.15, 0.2) is 11.8 Å². The number of imidazole rings is 1. The number of alkyl halides is 1. The number of aliphatic hydroxyl groups is 1. The van der Waals surface area contributed by atoms with Crippen LogP contribution in [0.4, 0.5) is 0 Å². The molecular weight excluding hydrogens is 482 g/mol. The largest absolute Gasteiger partial charge is 0.435 e. The van der Waals surface area contributed by atoms with Crippen LogP contribution in [0.2, 0.25) is 0 Å². The van der Waals surface area contributed by atoms with E-state index in [1.165, 1.54) is 0 Å². The van der Waals surface area contributed by atoms with Gasteiger partial charge in [0.1, 0.15) is 23.6 Å². The fourth-order valence-corrected chi connectivity index (χ4v) is 5.95. The van der Waals surface area contributed by atoms with E-state index in [0.29, 0.717) is 11.9 Å². The molecule has 0 saturated carbocycles. The first-order chi connectivity index (χ1) is 17.4. The monoisotopic (exact) mass is 512 g/mol. The molecule has 5 N–H and O–H groups in total. The summed E-state index contributed by atoms with van der Waals surface area (Å²) >= 11 is 6.83. The molecule has 0 amide bonds. The maximum absolute atomic E-state index is 10.0. The number of aromatic nitrogens is 2. The number of nitrogens with zero attached hydrogens (tertiary/aromatic N) is 2. The Kier molecular flexibility index (Phi) is 6.28. The maximum atomic E-state index is 10.0. The summed E-state index contributed by atoms with van der Waals surface area (Å²) in [7, 11) is 1.97. The van der Waals surface area contributed by atoms with Gasteiger partial charge in [-0.2, -0.15) is 0 Å². The Bertz CT molecular complexity index is 1310. The molecule has 0 radical (unpaired) electrons. The van der Waals surface area contributed by atoms with E-state index in [4.69, 9.17) is 31.5 Å². The number of rotatable bonds is 3. The van der Waals surface area contributed by atoms with Gasteiger partial charge in [-0.3, -0.25) is 15.3 Å². The van der Waals surface area contributed by atoms with E-state index in [-0.39, 0.29) is 24.6 Å². The maximum Gasteiger partial charge on any atom is 0.412 e. The van der Waals surface area contributed by atoms with Gasteiger partial charge in [-0.1, -0.05) is 24.0 Å². The zero-order chi connectivity index (χ0) is 24.9. The van der Waals surface area contributed by atoms with Gasteiger partial charge in [0.2, 0.25) is 0 Å². The molecule has 3 fully saturated rings. The minimum Gasteiger partial charge on any atom is -0.435 e. The summed E-state index contributed by atoms with van der Waals surface area (Å²) in [6.07, 6.45) is 2.18. The van der Waals surface area contributed by atoms with Gasteiger partial charge >= 0.3 is 11.5 Å². The second-order valence-electron chi connectivity index (χ2n) is 9.95. The van der Waals surface area contributed by atoms with Gasteiger partial charge in [-0.15, -0.1) is 11.6 Å². The lowest BCUT2D eigenvalue weighted by atomic mass is 9.97. The number of halogens is 1. The van der Waals surface area contributed by atoms with Crippen LogP contribution in [-0.2, 0) is 9.47 Å². The Hall–Kier alpha value is -2.45.